The summed E-state index contributed by atoms with van der Waals surface area (Å²) in [5.74, 6) is 0.689. The highest BCUT2D eigenvalue weighted by Gasteiger charge is 2.33. The summed E-state index contributed by atoms with van der Waals surface area (Å²) in [6.45, 7) is 17.9. The van der Waals surface area contributed by atoms with E-state index in [0.29, 0.717) is 18.9 Å². The summed E-state index contributed by atoms with van der Waals surface area (Å²) in [7, 11) is 1.88. The van der Waals surface area contributed by atoms with E-state index >= 15 is 0 Å². The lowest BCUT2D eigenvalue weighted by Gasteiger charge is -2.26. The summed E-state index contributed by atoms with van der Waals surface area (Å²) < 4.78 is 7.47. The largest absolute Gasteiger partial charge is 0.392 e. The summed E-state index contributed by atoms with van der Waals surface area (Å²) in [5, 5.41) is 17.4. The normalized spacial score (nSPS) is 21.0. The van der Waals surface area contributed by atoms with Crippen LogP contribution < -0.4 is 5.32 Å². The van der Waals surface area contributed by atoms with Crippen molar-refractivity contribution in [3.05, 3.63) is 42.1 Å². The third-order valence-electron chi connectivity index (χ3n) is 7.61. The Morgan fingerprint density at radius 3 is 2.27 bits per heavy atom. The van der Waals surface area contributed by atoms with Gasteiger partial charge in [-0.1, -0.05) is 58.9 Å². The molecule has 40 heavy (non-hydrogen) atoms. The first-order valence-electron chi connectivity index (χ1n) is 14.8. The Bertz CT molecular complexity index is 1000. The van der Waals surface area contributed by atoms with Crippen LogP contribution in [0.4, 0.5) is 0 Å². The number of hydrogen-bond acceptors (Lipinski definition) is 7. The van der Waals surface area contributed by atoms with Gasteiger partial charge in [0.25, 0.3) is 0 Å². The molecule has 1 amide bonds. The molecule has 3 heterocycles. The lowest BCUT2D eigenvalue weighted by Crippen LogP contribution is -2.42. The van der Waals surface area contributed by atoms with Crippen LogP contribution >= 0.6 is 0 Å². The predicted octanol–water partition coefficient (Wildman–Crippen LogP) is 3.63. The number of ether oxygens (including phenoxy) is 1. The fourth-order valence-corrected chi connectivity index (χ4v) is 4.59. The Morgan fingerprint density at radius 2 is 1.75 bits per heavy atom. The number of likely N-dealkylation sites (N-methyl/N-ethyl adjacent to an activating group) is 1. The molecule has 2 saturated heterocycles. The fourth-order valence-electron chi connectivity index (χ4n) is 4.59. The molecule has 0 radical (unpaired) electrons. The number of rotatable bonds is 9. The molecule has 224 valence electrons. The second kappa shape index (κ2) is 17.3. The van der Waals surface area contributed by atoms with Crippen molar-refractivity contribution in [2.75, 3.05) is 46.4 Å². The first-order chi connectivity index (χ1) is 19.2. The van der Waals surface area contributed by atoms with E-state index in [1.54, 1.807) is 0 Å². The van der Waals surface area contributed by atoms with Gasteiger partial charge in [0.15, 0.2) is 0 Å². The van der Waals surface area contributed by atoms with E-state index in [4.69, 9.17) is 4.74 Å². The number of benzene rings is 1. The standard InChI is InChI=1S/C23H33N5O3.C6H12O.C2H6/c1-17(25-23(30)22-15-20(29)16-26(22)2)18-3-5-19(6-4-18)21-7-8-24-28(21)10-9-27-11-13-31-14-12-27;1-5(2)6(3)4-7;1-2/h3-8,17,20,22,29H,9-16H2,1-2H3,(H,25,30);4-6H,1-3H3;1-2H3. The molecular formula is C31H51N5O4. The highest BCUT2D eigenvalue weighted by Crippen LogP contribution is 2.23. The van der Waals surface area contributed by atoms with Crippen molar-refractivity contribution in [2.24, 2.45) is 11.8 Å². The van der Waals surface area contributed by atoms with Crippen molar-refractivity contribution in [3.8, 4) is 11.3 Å². The number of nitrogens with zero attached hydrogens (tertiary/aromatic N) is 4. The molecule has 0 bridgehead atoms. The van der Waals surface area contributed by atoms with Gasteiger partial charge in [-0.25, -0.2) is 0 Å². The number of carbonyl (C=O) groups excluding carboxylic acids is 2. The number of morpholine rings is 1. The number of aliphatic hydroxyl groups is 1. The first kappa shape index (κ1) is 33.6. The average molecular weight is 558 g/mol. The lowest BCUT2D eigenvalue weighted by molar-refractivity contribution is -0.125. The minimum absolute atomic E-state index is 0.0307. The summed E-state index contributed by atoms with van der Waals surface area (Å²) in [6, 6.07) is 9.98. The molecule has 9 nitrogen and oxygen atoms in total. The molecule has 0 saturated carbocycles. The van der Waals surface area contributed by atoms with Crippen LogP contribution in [0, 0.1) is 11.8 Å². The van der Waals surface area contributed by atoms with E-state index in [2.05, 4.69) is 44.3 Å². The smallest absolute Gasteiger partial charge is 0.237 e. The van der Waals surface area contributed by atoms with Crippen molar-refractivity contribution in [2.45, 2.75) is 72.7 Å². The highest BCUT2D eigenvalue weighted by molar-refractivity contribution is 5.82. The number of likely N-dealkylation sites (tertiary alicyclic amines) is 1. The molecule has 0 spiro atoms. The molecule has 4 rings (SSSR count). The predicted molar refractivity (Wildman–Crippen MR) is 160 cm³/mol. The molecule has 4 unspecified atom stereocenters. The van der Waals surface area contributed by atoms with Crippen molar-refractivity contribution in [3.63, 3.8) is 0 Å². The molecular weight excluding hydrogens is 506 g/mol. The third-order valence-corrected chi connectivity index (χ3v) is 7.61. The summed E-state index contributed by atoms with van der Waals surface area (Å²) in [4.78, 5) is 26.9. The van der Waals surface area contributed by atoms with Gasteiger partial charge in [-0.2, -0.15) is 5.10 Å². The number of aldehydes is 1. The Kier molecular flexibility index (Phi) is 14.5. The number of β-amino-alcohol motifs (C(OH)–C–C–N with tert-alkyl or cyclic N) is 1. The van der Waals surface area contributed by atoms with Gasteiger partial charge in [-0.05, 0) is 43.5 Å². The minimum atomic E-state index is -0.427. The Morgan fingerprint density at radius 1 is 1.10 bits per heavy atom. The number of aliphatic hydroxyl groups excluding tert-OH is 1. The summed E-state index contributed by atoms with van der Waals surface area (Å²) in [6.07, 6.45) is 2.90. The van der Waals surface area contributed by atoms with Crippen LogP contribution in [0.1, 0.15) is 59.6 Å². The number of amides is 1. The van der Waals surface area contributed by atoms with Crippen LogP contribution in [0.3, 0.4) is 0 Å². The molecule has 4 atom stereocenters. The van der Waals surface area contributed by atoms with Gasteiger partial charge in [-0.15, -0.1) is 0 Å². The van der Waals surface area contributed by atoms with Crippen LogP contribution in [0.15, 0.2) is 36.5 Å². The van der Waals surface area contributed by atoms with E-state index in [9.17, 15) is 14.7 Å². The van der Waals surface area contributed by atoms with Crippen molar-refractivity contribution in [1.82, 2.24) is 24.9 Å². The van der Waals surface area contributed by atoms with Gasteiger partial charge in [0.05, 0.1) is 43.6 Å². The maximum Gasteiger partial charge on any atom is 0.237 e. The second-order valence-corrected chi connectivity index (χ2v) is 10.8. The van der Waals surface area contributed by atoms with Gasteiger partial charge >= 0.3 is 0 Å². The van der Waals surface area contributed by atoms with Crippen molar-refractivity contribution in [1.29, 1.82) is 0 Å². The second-order valence-electron chi connectivity index (χ2n) is 10.8. The molecule has 0 aliphatic carbocycles. The van der Waals surface area contributed by atoms with Crippen LogP contribution in [0.5, 0.6) is 0 Å². The number of aromatic nitrogens is 2. The molecule has 2 aliphatic heterocycles. The molecule has 2 N–H and O–H groups in total. The number of nitrogens with one attached hydrogen (secondary N) is 1. The van der Waals surface area contributed by atoms with Crippen LogP contribution in [0.25, 0.3) is 11.3 Å². The third kappa shape index (κ3) is 10.1. The zero-order valence-electron chi connectivity index (χ0n) is 25.5. The monoisotopic (exact) mass is 557 g/mol. The SMILES string of the molecule is CC.CC(C)C(C)C=O.CC(NC(=O)C1CC(O)CN1C)c1ccc(-c2ccnn2CCN2CCOCC2)cc1. The zero-order valence-corrected chi connectivity index (χ0v) is 25.5. The zero-order chi connectivity index (χ0) is 29.7. The number of hydrogen-bond donors (Lipinski definition) is 2. The van der Waals surface area contributed by atoms with E-state index in [-0.39, 0.29) is 23.9 Å². The Hall–Kier alpha value is -2.59. The highest BCUT2D eigenvalue weighted by atomic mass is 16.5. The first-order valence-corrected chi connectivity index (χ1v) is 14.8. The van der Waals surface area contributed by atoms with Crippen molar-refractivity contribution < 1.29 is 19.4 Å². The molecule has 2 aliphatic rings. The van der Waals surface area contributed by atoms with Gasteiger partial charge in [0.2, 0.25) is 5.91 Å². The van der Waals surface area contributed by atoms with E-state index in [0.717, 1.165) is 62.5 Å². The van der Waals surface area contributed by atoms with E-state index in [1.165, 1.54) is 0 Å². The summed E-state index contributed by atoms with van der Waals surface area (Å²) in [5.41, 5.74) is 3.26. The van der Waals surface area contributed by atoms with Crippen LogP contribution in [-0.4, -0.2) is 95.5 Å². The molecule has 1 aromatic heterocycles. The maximum absolute atomic E-state index is 12.6. The fraction of sp³-hybridized carbons (Fsp3) is 0.645. The molecule has 2 fully saturated rings. The van der Waals surface area contributed by atoms with Gasteiger partial charge in [-0.3, -0.25) is 19.3 Å². The van der Waals surface area contributed by atoms with E-state index in [1.807, 2.05) is 65.8 Å². The average Bonchev–Trinajstić information content (AvgIpc) is 3.58. The van der Waals surface area contributed by atoms with Crippen LogP contribution in [0.2, 0.25) is 0 Å². The van der Waals surface area contributed by atoms with Gasteiger partial charge in [0, 0.05) is 38.3 Å². The quantitative estimate of drug-likeness (QED) is 0.454. The van der Waals surface area contributed by atoms with Crippen LogP contribution in [-0.2, 0) is 20.9 Å². The minimum Gasteiger partial charge on any atom is -0.392 e. The molecule has 9 heteroatoms. The van der Waals surface area contributed by atoms with Gasteiger partial charge < -0.3 is 20.0 Å². The van der Waals surface area contributed by atoms with E-state index < -0.39 is 6.10 Å². The Labute approximate surface area is 240 Å². The molecule has 2 aromatic rings. The number of carbonyl (C=O) groups is 2. The topological polar surface area (TPSA) is 99.9 Å². The lowest BCUT2D eigenvalue weighted by atomic mass is 10.0. The Balaban J connectivity index is 0.000000545. The maximum atomic E-state index is 12.6. The van der Waals surface area contributed by atoms with Crippen molar-refractivity contribution >= 4 is 12.2 Å². The van der Waals surface area contributed by atoms with Gasteiger partial charge in [0.1, 0.15) is 6.29 Å². The summed E-state index contributed by atoms with van der Waals surface area (Å²) >= 11 is 0. The molecule has 1 aromatic carbocycles.